The summed E-state index contributed by atoms with van der Waals surface area (Å²) in [6, 6.07) is 8.36. The zero-order chi connectivity index (χ0) is 17.8. The first-order valence-corrected chi connectivity index (χ1v) is 7.94. The standard InChI is InChI=1S/C17H18FN5O2/c1-11(8-12-2-3-14-13(9-12)10-19-21-14)20-17(25)15-4-5-16(24)23(22-15)7-6-18/h2-5,9-11H,6-8H2,1H3,(H,19,21)(H,20,25). The fraction of sp³-hybridized carbons (Fsp3) is 0.294. The third kappa shape index (κ3) is 3.90. The minimum Gasteiger partial charge on any atom is -0.348 e. The van der Waals surface area contributed by atoms with Crippen LogP contribution in [0.1, 0.15) is 23.0 Å². The van der Waals surface area contributed by atoms with Crippen molar-refractivity contribution in [2.75, 3.05) is 6.67 Å². The Morgan fingerprint density at radius 2 is 2.20 bits per heavy atom. The Kier molecular flexibility index (Phi) is 4.87. The number of carbonyl (C=O) groups excluding carboxylic acids is 1. The summed E-state index contributed by atoms with van der Waals surface area (Å²) < 4.78 is 13.4. The zero-order valence-electron chi connectivity index (χ0n) is 13.7. The van der Waals surface area contributed by atoms with E-state index in [4.69, 9.17) is 0 Å². The molecule has 2 heterocycles. The van der Waals surface area contributed by atoms with Gasteiger partial charge in [-0.25, -0.2) is 9.07 Å². The molecule has 0 aliphatic rings. The molecule has 1 unspecified atom stereocenters. The van der Waals surface area contributed by atoms with Gasteiger partial charge in [0.2, 0.25) is 0 Å². The largest absolute Gasteiger partial charge is 0.348 e. The van der Waals surface area contributed by atoms with Crippen LogP contribution in [0.2, 0.25) is 0 Å². The SMILES string of the molecule is CC(Cc1ccc2[nH]ncc2c1)NC(=O)c1ccc(=O)n(CCF)n1. The van der Waals surface area contributed by atoms with Crippen molar-refractivity contribution in [1.29, 1.82) is 0 Å². The van der Waals surface area contributed by atoms with Gasteiger partial charge >= 0.3 is 0 Å². The molecule has 25 heavy (non-hydrogen) atoms. The van der Waals surface area contributed by atoms with Crippen molar-refractivity contribution in [3.8, 4) is 0 Å². The van der Waals surface area contributed by atoms with Crippen LogP contribution in [0.15, 0.2) is 41.3 Å². The first kappa shape index (κ1) is 16.8. The maximum absolute atomic E-state index is 12.4. The molecule has 1 atom stereocenters. The van der Waals surface area contributed by atoms with Crippen molar-refractivity contribution >= 4 is 16.8 Å². The topological polar surface area (TPSA) is 92.7 Å². The maximum Gasteiger partial charge on any atom is 0.271 e. The van der Waals surface area contributed by atoms with Crippen LogP contribution in [0.5, 0.6) is 0 Å². The smallest absolute Gasteiger partial charge is 0.271 e. The number of alkyl halides is 1. The number of H-pyrrole nitrogens is 1. The number of aromatic amines is 1. The van der Waals surface area contributed by atoms with E-state index in [9.17, 15) is 14.0 Å². The first-order chi connectivity index (χ1) is 12.1. The number of fused-ring (bicyclic) bond motifs is 1. The molecule has 3 rings (SSSR count). The molecule has 2 aromatic heterocycles. The second-order valence-electron chi connectivity index (χ2n) is 5.84. The fourth-order valence-corrected chi connectivity index (χ4v) is 2.63. The predicted octanol–water partition coefficient (Wildman–Crippen LogP) is 1.45. The van der Waals surface area contributed by atoms with E-state index in [0.717, 1.165) is 21.1 Å². The monoisotopic (exact) mass is 343 g/mol. The number of benzene rings is 1. The predicted molar refractivity (Wildman–Crippen MR) is 91.2 cm³/mol. The molecule has 1 amide bonds. The number of amides is 1. The van der Waals surface area contributed by atoms with Crippen molar-refractivity contribution in [3.05, 3.63) is 58.1 Å². The highest BCUT2D eigenvalue weighted by Gasteiger charge is 2.13. The average molecular weight is 343 g/mol. The third-order valence-electron chi connectivity index (χ3n) is 3.82. The Morgan fingerprint density at radius 3 is 3.00 bits per heavy atom. The number of aromatic nitrogens is 4. The normalized spacial score (nSPS) is 12.2. The first-order valence-electron chi connectivity index (χ1n) is 7.94. The van der Waals surface area contributed by atoms with E-state index >= 15 is 0 Å². The van der Waals surface area contributed by atoms with Gasteiger partial charge in [-0.2, -0.15) is 10.2 Å². The van der Waals surface area contributed by atoms with Gasteiger partial charge in [0.1, 0.15) is 12.4 Å². The molecule has 7 nitrogen and oxygen atoms in total. The van der Waals surface area contributed by atoms with Gasteiger partial charge in [0.25, 0.3) is 11.5 Å². The van der Waals surface area contributed by atoms with Crippen molar-refractivity contribution < 1.29 is 9.18 Å². The Labute approximate surface area is 142 Å². The molecule has 3 aromatic rings. The lowest BCUT2D eigenvalue weighted by atomic mass is 10.1. The zero-order valence-corrected chi connectivity index (χ0v) is 13.7. The molecule has 2 N–H and O–H groups in total. The van der Waals surface area contributed by atoms with E-state index in [1.165, 1.54) is 12.1 Å². The quantitative estimate of drug-likeness (QED) is 0.708. The number of aryl methyl sites for hydroxylation is 1. The van der Waals surface area contributed by atoms with E-state index < -0.39 is 18.1 Å². The van der Waals surface area contributed by atoms with Gasteiger partial charge in [-0.3, -0.25) is 14.7 Å². The molecular formula is C17H18FN5O2. The second-order valence-corrected chi connectivity index (χ2v) is 5.84. The highest BCUT2D eigenvalue weighted by Crippen LogP contribution is 2.14. The van der Waals surface area contributed by atoms with Gasteiger partial charge in [-0.15, -0.1) is 0 Å². The van der Waals surface area contributed by atoms with E-state index in [0.29, 0.717) is 6.42 Å². The molecule has 0 fully saturated rings. The highest BCUT2D eigenvalue weighted by atomic mass is 19.1. The molecule has 8 heteroatoms. The van der Waals surface area contributed by atoms with Gasteiger partial charge in [-0.05, 0) is 37.1 Å². The summed E-state index contributed by atoms with van der Waals surface area (Å²) in [5.41, 5.74) is 1.68. The molecule has 0 radical (unpaired) electrons. The summed E-state index contributed by atoms with van der Waals surface area (Å²) in [6.45, 7) is 1.00. The minimum atomic E-state index is -0.717. The lowest BCUT2D eigenvalue weighted by molar-refractivity contribution is 0.0932. The van der Waals surface area contributed by atoms with E-state index in [2.05, 4.69) is 20.6 Å². The number of hydrogen-bond acceptors (Lipinski definition) is 4. The highest BCUT2D eigenvalue weighted by molar-refractivity contribution is 5.92. The van der Waals surface area contributed by atoms with Crippen molar-refractivity contribution in [3.63, 3.8) is 0 Å². The Bertz CT molecular complexity index is 949. The van der Waals surface area contributed by atoms with Crippen LogP contribution in [0.3, 0.4) is 0 Å². The lowest BCUT2D eigenvalue weighted by Crippen LogP contribution is -2.36. The van der Waals surface area contributed by atoms with Crippen LogP contribution in [-0.4, -0.2) is 38.6 Å². The molecule has 1 aromatic carbocycles. The summed E-state index contributed by atoms with van der Waals surface area (Å²) in [6.07, 6.45) is 2.39. The summed E-state index contributed by atoms with van der Waals surface area (Å²) in [5, 5.41) is 14.6. The van der Waals surface area contributed by atoms with Crippen LogP contribution >= 0.6 is 0 Å². The average Bonchev–Trinajstić information content (AvgIpc) is 3.04. The van der Waals surface area contributed by atoms with Gasteiger partial charge in [0.05, 0.1) is 18.3 Å². The molecule has 0 saturated carbocycles. The fourth-order valence-electron chi connectivity index (χ4n) is 2.63. The summed E-state index contributed by atoms with van der Waals surface area (Å²) >= 11 is 0. The molecule has 0 aliphatic carbocycles. The number of nitrogens with zero attached hydrogens (tertiary/aromatic N) is 3. The number of carbonyl (C=O) groups is 1. The molecule has 0 spiro atoms. The van der Waals surface area contributed by atoms with Gasteiger partial charge in [-0.1, -0.05) is 6.07 Å². The van der Waals surface area contributed by atoms with Crippen molar-refractivity contribution in [2.24, 2.45) is 0 Å². The lowest BCUT2D eigenvalue weighted by Gasteiger charge is -2.14. The van der Waals surface area contributed by atoms with Gasteiger partial charge in [0, 0.05) is 17.5 Å². The van der Waals surface area contributed by atoms with Crippen LogP contribution in [0.25, 0.3) is 10.9 Å². The molecular weight excluding hydrogens is 325 g/mol. The summed E-state index contributed by atoms with van der Waals surface area (Å²) in [4.78, 5) is 23.8. The number of nitrogens with one attached hydrogen (secondary N) is 2. The number of halogens is 1. The van der Waals surface area contributed by atoms with Crippen LogP contribution < -0.4 is 10.9 Å². The Balaban J connectivity index is 1.67. The van der Waals surface area contributed by atoms with Crippen molar-refractivity contribution in [2.45, 2.75) is 25.9 Å². The Hall–Kier alpha value is -3.03. The summed E-state index contributed by atoms with van der Waals surface area (Å²) in [7, 11) is 0. The van der Waals surface area contributed by atoms with Gasteiger partial charge < -0.3 is 5.32 Å². The van der Waals surface area contributed by atoms with E-state index in [1.807, 2.05) is 25.1 Å². The minimum absolute atomic E-state index is 0.0881. The number of hydrogen-bond donors (Lipinski definition) is 2. The molecule has 0 aliphatic heterocycles. The van der Waals surface area contributed by atoms with E-state index in [-0.39, 0.29) is 18.3 Å². The maximum atomic E-state index is 12.4. The molecule has 0 saturated heterocycles. The summed E-state index contributed by atoms with van der Waals surface area (Å²) in [5.74, 6) is -0.399. The van der Waals surface area contributed by atoms with Gasteiger partial charge in [0.15, 0.2) is 0 Å². The van der Waals surface area contributed by atoms with Crippen molar-refractivity contribution in [1.82, 2.24) is 25.3 Å². The molecule has 130 valence electrons. The Morgan fingerprint density at radius 1 is 1.36 bits per heavy atom. The third-order valence-corrected chi connectivity index (χ3v) is 3.82. The van der Waals surface area contributed by atoms with Crippen LogP contribution in [0.4, 0.5) is 4.39 Å². The van der Waals surface area contributed by atoms with E-state index in [1.54, 1.807) is 6.20 Å². The molecule has 0 bridgehead atoms. The number of rotatable bonds is 6. The second kappa shape index (κ2) is 7.25. The van der Waals surface area contributed by atoms with Crippen LogP contribution in [-0.2, 0) is 13.0 Å². The van der Waals surface area contributed by atoms with Crippen LogP contribution in [0, 0.1) is 0 Å².